The number of alkyl halides is 1. The van der Waals surface area contributed by atoms with Gasteiger partial charge >= 0.3 is 0 Å². The van der Waals surface area contributed by atoms with Gasteiger partial charge in [-0.2, -0.15) is 0 Å². The van der Waals surface area contributed by atoms with Gasteiger partial charge < -0.3 is 5.32 Å². The average Bonchev–Trinajstić information content (AvgIpc) is 2.18. The monoisotopic (exact) mass is 275 g/mol. The summed E-state index contributed by atoms with van der Waals surface area (Å²) in [5, 5.41) is 3.86. The Bertz CT molecular complexity index is 312. The lowest BCUT2D eigenvalue weighted by Gasteiger charge is -2.13. The van der Waals surface area contributed by atoms with Crippen LogP contribution in [0.3, 0.4) is 0 Å². The summed E-state index contributed by atoms with van der Waals surface area (Å²) in [6, 6.07) is 7.45. The van der Waals surface area contributed by atoms with E-state index in [1.807, 2.05) is 31.2 Å². The Hall–Kier alpha value is -0.540. The zero-order valence-corrected chi connectivity index (χ0v) is 10.1. The fourth-order valence-electron chi connectivity index (χ4n) is 1.11. The van der Waals surface area contributed by atoms with Crippen LogP contribution in [-0.4, -0.2) is 11.2 Å². The first-order valence-electron chi connectivity index (χ1n) is 4.24. The number of benzene rings is 1. The van der Waals surface area contributed by atoms with Gasteiger partial charge in [0.05, 0.1) is 11.4 Å². The van der Waals surface area contributed by atoms with E-state index in [2.05, 4.69) is 21.2 Å². The first kappa shape index (κ1) is 11.5. The summed E-state index contributed by atoms with van der Waals surface area (Å²) < 4.78 is 0. The number of hydrogen-bond donors (Lipinski definition) is 1. The molecule has 0 fully saturated rings. The molecule has 0 aliphatic rings. The van der Waals surface area contributed by atoms with Gasteiger partial charge in [-0.25, -0.2) is 0 Å². The number of rotatable bonds is 3. The molecule has 76 valence electrons. The van der Waals surface area contributed by atoms with Crippen LogP contribution in [0, 0.1) is 0 Å². The Morgan fingerprint density at radius 3 is 2.57 bits per heavy atom. The molecule has 0 saturated heterocycles. The van der Waals surface area contributed by atoms with E-state index in [0.717, 1.165) is 5.56 Å². The lowest BCUT2D eigenvalue weighted by atomic mass is 10.1. The van der Waals surface area contributed by atoms with Crippen LogP contribution in [0.1, 0.15) is 18.5 Å². The lowest BCUT2D eigenvalue weighted by Crippen LogP contribution is -2.27. The molecule has 0 aliphatic carbocycles. The molecule has 1 atom stereocenters. The van der Waals surface area contributed by atoms with Crippen LogP contribution in [0.5, 0.6) is 0 Å². The van der Waals surface area contributed by atoms with Crippen molar-refractivity contribution in [3.8, 4) is 0 Å². The molecule has 1 rings (SSSR count). The molecular weight excluding hydrogens is 265 g/mol. The van der Waals surface area contributed by atoms with E-state index in [1.165, 1.54) is 0 Å². The minimum absolute atomic E-state index is 0.0114. The van der Waals surface area contributed by atoms with Crippen molar-refractivity contribution in [3.05, 3.63) is 34.9 Å². The largest absolute Gasteiger partial charge is 0.349 e. The molecule has 1 aromatic carbocycles. The van der Waals surface area contributed by atoms with Crippen molar-refractivity contribution in [1.82, 2.24) is 5.32 Å². The summed E-state index contributed by atoms with van der Waals surface area (Å²) >= 11 is 8.85. The maximum absolute atomic E-state index is 11.1. The van der Waals surface area contributed by atoms with Gasteiger partial charge in [-0.1, -0.05) is 39.7 Å². The van der Waals surface area contributed by atoms with Crippen molar-refractivity contribution < 1.29 is 4.79 Å². The van der Waals surface area contributed by atoms with Gasteiger partial charge in [0.15, 0.2) is 0 Å². The summed E-state index contributed by atoms with van der Waals surface area (Å²) in [6.45, 7) is 1.93. The van der Waals surface area contributed by atoms with E-state index in [1.54, 1.807) is 0 Å². The predicted molar refractivity (Wildman–Crippen MR) is 61.8 cm³/mol. The number of amides is 1. The highest BCUT2D eigenvalue weighted by molar-refractivity contribution is 9.09. The average molecular weight is 277 g/mol. The van der Waals surface area contributed by atoms with Crippen molar-refractivity contribution in [3.63, 3.8) is 0 Å². The molecule has 4 heteroatoms. The Morgan fingerprint density at radius 2 is 2.07 bits per heavy atom. The Balaban J connectivity index is 2.65. The summed E-state index contributed by atoms with van der Waals surface area (Å²) in [6.07, 6.45) is 0. The second-order valence-corrected chi connectivity index (χ2v) is 3.97. The van der Waals surface area contributed by atoms with Gasteiger partial charge in [-0.15, -0.1) is 0 Å². The molecule has 2 nitrogen and oxygen atoms in total. The Kier molecular flexibility index (Phi) is 4.42. The maximum atomic E-state index is 11.1. The maximum Gasteiger partial charge on any atom is 0.231 e. The zero-order chi connectivity index (χ0) is 10.6. The molecule has 0 unspecified atom stereocenters. The van der Waals surface area contributed by atoms with Crippen molar-refractivity contribution in [2.24, 2.45) is 0 Å². The normalized spacial score (nSPS) is 12.2. The van der Waals surface area contributed by atoms with Crippen LogP contribution in [0.4, 0.5) is 0 Å². The molecule has 0 aliphatic heterocycles. The van der Waals surface area contributed by atoms with E-state index in [-0.39, 0.29) is 11.9 Å². The molecule has 0 spiro atoms. The molecule has 0 heterocycles. The standard InChI is InChI=1S/C10H11BrClNO/c1-7(13-10(14)6-11)8-2-4-9(12)5-3-8/h2-5,7H,6H2,1H3,(H,13,14)/t7-/m1/s1. The number of nitrogens with one attached hydrogen (secondary N) is 1. The topological polar surface area (TPSA) is 29.1 Å². The molecule has 0 radical (unpaired) electrons. The number of hydrogen-bond acceptors (Lipinski definition) is 1. The second-order valence-electron chi connectivity index (χ2n) is 2.97. The predicted octanol–water partition coefficient (Wildman–Crippen LogP) is 2.91. The fraction of sp³-hybridized carbons (Fsp3) is 0.300. The van der Waals surface area contributed by atoms with Crippen molar-refractivity contribution in [2.75, 3.05) is 5.33 Å². The highest BCUT2D eigenvalue weighted by atomic mass is 79.9. The van der Waals surface area contributed by atoms with Crippen LogP contribution >= 0.6 is 27.5 Å². The van der Waals surface area contributed by atoms with Crippen LogP contribution < -0.4 is 5.32 Å². The van der Waals surface area contributed by atoms with Crippen LogP contribution in [0.15, 0.2) is 24.3 Å². The highest BCUT2D eigenvalue weighted by Gasteiger charge is 2.07. The van der Waals surface area contributed by atoms with Crippen molar-refractivity contribution in [1.29, 1.82) is 0 Å². The molecule has 1 N–H and O–H groups in total. The van der Waals surface area contributed by atoms with E-state index >= 15 is 0 Å². The SMILES string of the molecule is C[C@@H](NC(=O)CBr)c1ccc(Cl)cc1. The Morgan fingerprint density at radius 1 is 1.50 bits per heavy atom. The van der Waals surface area contributed by atoms with Gasteiger partial charge in [0.2, 0.25) is 5.91 Å². The smallest absolute Gasteiger partial charge is 0.231 e. The molecular formula is C10H11BrClNO. The Labute approximate surface area is 96.8 Å². The van der Waals surface area contributed by atoms with E-state index < -0.39 is 0 Å². The summed E-state index contributed by atoms with van der Waals surface area (Å²) in [5.41, 5.74) is 1.05. The summed E-state index contributed by atoms with van der Waals surface area (Å²) in [5.74, 6) is -0.0209. The molecule has 1 aromatic rings. The van der Waals surface area contributed by atoms with E-state index in [0.29, 0.717) is 10.4 Å². The number of halogens is 2. The van der Waals surface area contributed by atoms with Gasteiger partial charge in [0.25, 0.3) is 0 Å². The molecule has 1 amide bonds. The third kappa shape index (κ3) is 3.31. The number of carbonyl (C=O) groups excluding carboxylic acids is 1. The van der Waals surface area contributed by atoms with Crippen LogP contribution in [-0.2, 0) is 4.79 Å². The fourth-order valence-corrected chi connectivity index (χ4v) is 1.40. The summed E-state index contributed by atoms with van der Waals surface area (Å²) in [7, 11) is 0. The van der Waals surface area contributed by atoms with E-state index in [4.69, 9.17) is 11.6 Å². The van der Waals surface area contributed by atoms with Crippen molar-refractivity contribution >= 4 is 33.4 Å². The van der Waals surface area contributed by atoms with Gasteiger partial charge in [-0.3, -0.25) is 4.79 Å². The molecule has 0 saturated carbocycles. The third-order valence-electron chi connectivity index (χ3n) is 1.87. The second kappa shape index (κ2) is 5.37. The highest BCUT2D eigenvalue weighted by Crippen LogP contribution is 2.15. The quantitative estimate of drug-likeness (QED) is 0.845. The molecule has 14 heavy (non-hydrogen) atoms. The first-order chi connectivity index (χ1) is 6.63. The minimum atomic E-state index is -0.0209. The first-order valence-corrected chi connectivity index (χ1v) is 5.74. The van der Waals surface area contributed by atoms with Crippen LogP contribution in [0.2, 0.25) is 5.02 Å². The van der Waals surface area contributed by atoms with E-state index in [9.17, 15) is 4.79 Å². The van der Waals surface area contributed by atoms with Crippen LogP contribution in [0.25, 0.3) is 0 Å². The number of carbonyl (C=O) groups is 1. The third-order valence-corrected chi connectivity index (χ3v) is 2.63. The lowest BCUT2D eigenvalue weighted by molar-refractivity contribution is -0.119. The summed E-state index contributed by atoms with van der Waals surface area (Å²) in [4.78, 5) is 11.1. The molecule has 0 bridgehead atoms. The minimum Gasteiger partial charge on any atom is -0.349 e. The van der Waals surface area contributed by atoms with Gasteiger partial charge in [-0.05, 0) is 24.6 Å². The van der Waals surface area contributed by atoms with Gasteiger partial charge in [0, 0.05) is 5.02 Å². The van der Waals surface area contributed by atoms with Crippen molar-refractivity contribution in [2.45, 2.75) is 13.0 Å². The molecule has 0 aromatic heterocycles. The van der Waals surface area contributed by atoms with Gasteiger partial charge in [0.1, 0.15) is 0 Å². The zero-order valence-electron chi connectivity index (χ0n) is 7.76.